The van der Waals surface area contributed by atoms with Crippen molar-refractivity contribution >= 4 is 24.1 Å². The molecule has 4 heteroatoms. The van der Waals surface area contributed by atoms with E-state index >= 15 is 0 Å². The molecule has 62 valence electrons. The Bertz CT molecular complexity index is 276. The van der Waals surface area contributed by atoms with E-state index in [0.717, 1.165) is 17.7 Å². The van der Waals surface area contributed by atoms with Crippen LogP contribution < -0.4 is 11.1 Å². The number of nitrogens with zero attached hydrogens (tertiary/aromatic N) is 1. The average Bonchev–Trinajstić information content (AvgIpc) is 2.09. The lowest BCUT2D eigenvalue weighted by Gasteiger charge is -1.98. The predicted octanol–water partition coefficient (Wildman–Crippen LogP) is 1.32. The molecule has 0 heterocycles. The van der Waals surface area contributed by atoms with Crippen LogP contribution >= 0.6 is 0 Å². The fourth-order valence-electron chi connectivity index (χ4n) is 0.728. The number of hydrogen-bond donors (Lipinski definition) is 3. The van der Waals surface area contributed by atoms with E-state index in [0.29, 0.717) is 0 Å². The second-order valence-electron chi connectivity index (χ2n) is 2.17. The highest BCUT2D eigenvalue weighted by molar-refractivity contribution is 5.81. The number of aliphatic imine (C=N–C) groups is 1. The fourth-order valence-corrected chi connectivity index (χ4v) is 0.728. The zero-order valence-electron chi connectivity index (χ0n) is 6.49. The van der Waals surface area contributed by atoms with Gasteiger partial charge in [-0.1, -0.05) is 0 Å². The van der Waals surface area contributed by atoms with Crippen molar-refractivity contribution < 1.29 is 0 Å². The number of nitrogens with two attached hydrogens (primary N) is 1. The summed E-state index contributed by atoms with van der Waals surface area (Å²) >= 11 is 0. The first kappa shape index (κ1) is 8.26. The summed E-state index contributed by atoms with van der Waals surface area (Å²) in [4.78, 5) is 3.56. The third-order valence-corrected chi connectivity index (χ3v) is 1.29. The molecule has 0 bridgehead atoms. The number of benzene rings is 1. The lowest BCUT2D eigenvalue weighted by atomic mass is 10.3. The van der Waals surface area contributed by atoms with E-state index < -0.39 is 0 Å². The maximum atomic E-state index is 6.62. The molecule has 0 aromatic heterocycles. The van der Waals surface area contributed by atoms with Crippen molar-refractivity contribution in [2.75, 3.05) is 11.1 Å². The standard InChI is InChI=1S/C8H10N4/c9-5-11-6-12-8-3-1-7(10)2-4-8/h1-6H,10H2,(H2,9,11,12). The van der Waals surface area contributed by atoms with Gasteiger partial charge in [-0.05, 0) is 24.3 Å². The average molecular weight is 162 g/mol. The molecule has 0 saturated carbocycles. The van der Waals surface area contributed by atoms with Crippen LogP contribution in [0.3, 0.4) is 0 Å². The summed E-state index contributed by atoms with van der Waals surface area (Å²) in [6.07, 6.45) is 2.41. The molecule has 0 amide bonds. The molecular weight excluding hydrogens is 152 g/mol. The van der Waals surface area contributed by atoms with Gasteiger partial charge in [0, 0.05) is 11.4 Å². The Morgan fingerprint density at radius 3 is 2.58 bits per heavy atom. The van der Waals surface area contributed by atoms with Crippen LogP contribution in [-0.4, -0.2) is 12.7 Å². The number of rotatable bonds is 3. The number of nitrogens with one attached hydrogen (secondary N) is 2. The second kappa shape index (κ2) is 4.12. The lowest BCUT2D eigenvalue weighted by Crippen LogP contribution is -1.94. The van der Waals surface area contributed by atoms with E-state index in [4.69, 9.17) is 11.1 Å². The molecule has 0 unspecified atom stereocenters. The van der Waals surface area contributed by atoms with E-state index in [1.165, 1.54) is 6.34 Å². The minimum absolute atomic E-state index is 0.726. The summed E-state index contributed by atoms with van der Waals surface area (Å²) in [6.45, 7) is 0. The highest BCUT2D eigenvalue weighted by Crippen LogP contribution is 2.08. The van der Waals surface area contributed by atoms with Gasteiger partial charge >= 0.3 is 0 Å². The van der Waals surface area contributed by atoms with E-state index in [1.807, 2.05) is 12.1 Å². The molecule has 4 N–H and O–H groups in total. The number of nitrogen functional groups attached to an aromatic ring is 1. The van der Waals surface area contributed by atoms with Gasteiger partial charge in [0.2, 0.25) is 0 Å². The number of hydrogen-bond acceptors (Lipinski definition) is 2. The van der Waals surface area contributed by atoms with Gasteiger partial charge in [-0.15, -0.1) is 0 Å². The molecule has 4 nitrogen and oxygen atoms in total. The number of anilines is 2. The monoisotopic (exact) mass is 162 g/mol. The van der Waals surface area contributed by atoms with Crippen LogP contribution in [0.15, 0.2) is 29.3 Å². The van der Waals surface area contributed by atoms with Crippen molar-refractivity contribution in [2.24, 2.45) is 4.99 Å². The quantitative estimate of drug-likeness (QED) is 0.356. The molecule has 12 heavy (non-hydrogen) atoms. The third-order valence-electron chi connectivity index (χ3n) is 1.29. The van der Waals surface area contributed by atoms with E-state index in [1.54, 1.807) is 12.1 Å². The molecule has 0 aliphatic rings. The summed E-state index contributed by atoms with van der Waals surface area (Å²) in [5.74, 6) is 0. The van der Waals surface area contributed by atoms with Gasteiger partial charge in [-0.3, -0.25) is 5.41 Å². The topological polar surface area (TPSA) is 74.3 Å². The molecule has 0 aliphatic heterocycles. The molecule has 0 atom stereocenters. The normalized spacial score (nSPS) is 10.0. The van der Waals surface area contributed by atoms with Gasteiger partial charge in [0.1, 0.15) is 6.34 Å². The first-order valence-electron chi connectivity index (χ1n) is 3.45. The van der Waals surface area contributed by atoms with Gasteiger partial charge in [-0.25, -0.2) is 4.99 Å². The van der Waals surface area contributed by atoms with Gasteiger partial charge in [0.05, 0.1) is 6.34 Å². The van der Waals surface area contributed by atoms with Crippen LogP contribution in [0.1, 0.15) is 0 Å². The van der Waals surface area contributed by atoms with Crippen molar-refractivity contribution in [3.8, 4) is 0 Å². The van der Waals surface area contributed by atoms with Crippen LogP contribution in [0, 0.1) is 5.41 Å². The maximum Gasteiger partial charge on any atom is 0.108 e. The first-order valence-corrected chi connectivity index (χ1v) is 3.45. The van der Waals surface area contributed by atoms with Gasteiger partial charge in [-0.2, -0.15) is 0 Å². The SMILES string of the molecule is N=C/N=C\Nc1ccc(N)cc1. The van der Waals surface area contributed by atoms with Crippen LogP contribution in [-0.2, 0) is 0 Å². The van der Waals surface area contributed by atoms with Crippen molar-refractivity contribution in [3.05, 3.63) is 24.3 Å². The van der Waals surface area contributed by atoms with E-state index in [9.17, 15) is 0 Å². The Balaban J connectivity index is 2.58. The van der Waals surface area contributed by atoms with Crippen molar-refractivity contribution in [1.82, 2.24) is 0 Å². The molecule has 0 radical (unpaired) electrons. The molecule has 1 aromatic carbocycles. The summed E-state index contributed by atoms with van der Waals surface area (Å²) in [5.41, 5.74) is 7.11. The van der Waals surface area contributed by atoms with Crippen molar-refractivity contribution in [2.45, 2.75) is 0 Å². The Labute approximate surface area is 70.6 Å². The molecular formula is C8H10N4. The fraction of sp³-hybridized carbons (Fsp3) is 0. The van der Waals surface area contributed by atoms with Gasteiger partial charge in [0.25, 0.3) is 0 Å². The maximum absolute atomic E-state index is 6.62. The molecule has 0 aliphatic carbocycles. The zero-order valence-corrected chi connectivity index (χ0v) is 6.49. The lowest BCUT2D eigenvalue weighted by molar-refractivity contribution is 1.51. The van der Waals surface area contributed by atoms with Crippen LogP contribution in [0.4, 0.5) is 11.4 Å². The van der Waals surface area contributed by atoms with Crippen LogP contribution in [0.2, 0.25) is 0 Å². The van der Waals surface area contributed by atoms with Crippen molar-refractivity contribution in [1.29, 1.82) is 5.41 Å². The van der Waals surface area contributed by atoms with E-state index in [2.05, 4.69) is 10.3 Å². The summed E-state index contributed by atoms with van der Waals surface area (Å²) < 4.78 is 0. The largest absolute Gasteiger partial charge is 0.399 e. The van der Waals surface area contributed by atoms with Gasteiger partial charge in [0.15, 0.2) is 0 Å². The Morgan fingerprint density at radius 1 is 1.33 bits per heavy atom. The zero-order chi connectivity index (χ0) is 8.81. The van der Waals surface area contributed by atoms with Crippen LogP contribution in [0.25, 0.3) is 0 Å². The van der Waals surface area contributed by atoms with Crippen molar-refractivity contribution in [3.63, 3.8) is 0 Å². The third kappa shape index (κ3) is 2.42. The molecule has 1 aromatic rings. The first-order chi connectivity index (χ1) is 5.83. The Hall–Kier alpha value is -1.84. The second-order valence-corrected chi connectivity index (χ2v) is 2.17. The predicted molar refractivity (Wildman–Crippen MR) is 51.8 cm³/mol. The minimum atomic E-state index is 0.726. The van der Waals surface area contributed by atoms with Gasteiger partial charge < -0.3 is 11.1 Å². The molecule has 0 spiro atoms. The highest BCUT2D eigenvalue weighted by Gasteiger charge is 1.86. The molecule has 0 fully saturated rings. The highest BCUT2D eigenvalue weighted by atomic mass is 14.9. The summed E-state index contributed by atoms with van der Waals surface area (Å²) in [7, 11) is 0. The molecule has 1 rings (SSSR count). The Morgan fingerprint density at radius 2 is 2.00 bits per heavy atom. The van der Waals surface area contributed by atoms with Crippen LogP contribution in [0.5, 0.6) is 0 Å². The summed E-state index contributed by atoms with van der Waals surface area (Å²) in [6, 6.07) is 7.26. The van der Waals surface area contributed by atoms with E-state index in [-0.39, 0.29) is 0 Å². The Kier molecular flexibility index (Phi) is 2.84. The minimum Gasteiger partial charge on any atom is -0.399 e. The molecule has 0 saturated heterocycles. The summed E-state index contributed by atoms with van der Waals surface area (Å²) in [5, 5.41) is 9.49. The smallest absolute Gasteiger partial charge is 0.108 e.